The number of carbonyl (C=O) groups is 1. The van der Waals surface area contributed by atoms with Gasteiger partial charge in [0.1, 0.15) is 6.10 Å². The number of carboxylic acid groups (broad SMARTS) is 1. The lowest BCUT2D eigenvalue weighted by atomic mass is 10.1. The van der Waals surface area contributed by atoms with Crippen molar-refractivity contribution in [3.8, 4) is 0 Å². The molecule has 1 amide bonds. The summed E-state index contributed by atoms with van der Waals surface area (Å²) in [7, 11) is 0. The van der Waals surface area contributed by atoms with Crippen LogP contribution in [0.4, 0.5) is 4.79 Å². The molecule has 2 rings (SSSR count). The van der Waals surface area contributed by atoms with E-state index in [0.29, 0.717) is 24.7 Å². The zero-order chi connectivity index (χ0) is 12.4. The molecule has 1 saturated heterocycles. The molecule has 1 heterocycles. The van der Waals surface area contributed by atoms with Gasteiger partial charge in [0.15, 0.2) is 0 Å². The van der Waals surface area contributed by atoms with Crippen molar-refractivity contribution >= 4 is 33.6 Å². The fourth-order valence-corrected chi connectivity index (χ4v) is 2.57. The van der Waals surface area contributed by atoms with Gasteiger partial charge >= 0.3 is 6.09 Å². The zero-order valence-electron chi connectivity index (χ0n) is 8.90. The van der Waals surface area contributed by atoms with Gasteiger partial charge in [0.25, 0.3) is 0 Å². The maximum Gasteiger partial charge on any atom is 0.407 e. The van der Waals surface area contributed by atoms with Crippen molar-refractivity contribution in [1.82, 2.24) is 4.90 Å². The predicted molar refractivity (Wildman–Crippen MR) is 67.4 cm³/mol. The van der Waals surface area contributed by atoms with Crippen LogP contribution in [0.25, 0.3) is 0 Å². The molecule has 0 saturated carbocycles. The highest BCUT2D eigenvalue weighted by atomic mass is 79.9. The Hall–Kier alpha value is -0.780. The summed E-state index contributed by atoms with van der Waals surface area (Å²) in [6.45, 7) is 1.11. The number of hydrogen-bond acceptors (Lipinski definition) is 2. The molecule has 1 aliphatic rings. The predicted octanol–water partition coefficient (Wildman–Crippen LogP) is 3.15. The van der Waals surface area contributed by atoms with Crippen LogP contribution in [0.15, 0.2) is 22.7 Å². The standard InChI is InChI=1S/C11H11BrClNO3/c12-7-1-2-8(9(13)5-7)10-6-14(11(15)16)3-4-17-10/h1-2,5,10H,3-4,6H2,(H,15,16)/t10-/m0/s1. The van der Waals surface area contributed by atoms with Crippen molar-refractivity contribution in [2.75, 3.05) is 19.7 Å². The van der Waals surface area contributed by atoms with Crippen LogP contribution in [-0.2, 0) is 4.74 Å². The summed E-state index contributed by atoms with van der Waals surface area (Å²) in [4.78, 5) is 12.2. The first-order valence-electron chi connectivity index (χ1n) is 5.12. The number of halogens is 2. The Morgan fingerprint density at radius 1 is 1.59 bits per heavy atom. The van der Waals surface area contributed by atoms with E-state index in [4.69, 9.17) is 21.4 Å². The second-order valence-corrected chi connectivity index (χ2v) is 5.08. The van der Waals surface area contributed by atoms with E-state index in [1.54, 1.807) is 6.07 Å². The van der Waals surface area contributed by atoms with Crippen LogP contribution in [0.5, 0.6) is 0 Å². The molecular formula is C11H11BrClNO3. The molecule has 0 spiro atoms. The van der Waals surface area contributed by atoms with E-state index in [9.17, 15) is 4.79 Å². The molecule has 1 aromatic carbocycles. The Morgan fingerprint density at radius 3 is 3.00 bits per heavy atom. The third-order valence-electron chi connectivity index (χ3n) is 2.65. The lowest BCUT2D eigenvalue weighted by Gasteiger charge is -2.31. The largest absolute Gasteiger partial charge is 0.465 e. The van der Waals surface area contributed by atoms with Crippen molar-refractivity contribution in [1.29, 1.82) is 0 Å². The van der Waals surface area contributed by atoms with E-state index in [-0.39, 0.29) is 6.10 Å². The van der Waals surface area contributed by atoms with Crippen LogP contribution in [0, 0.1) is 0 Å². The first-order valence-corrected chi connectivity index (χ1v) is 6.29. The van der Waals surface area contributed by atoms with Crippen LogP contribution in [0.1, 0.15) is 11.7 Å². The molecule has 0 unspecified atom stereocenters. The molecule has 1 aromatic rings. The molecule has 4 nitrogen and oxygen atoms in total. The number of hydrogen-bond donors (Lipinski definition) is 1. The third kappa shape index (κ3) is 2.91. The highest BCUT2D eigenvalue weighted by Crippen LogP contribution is 2.30. The van der Waals surface area contributed by atoms with E-state index >= 15 is 0 Å². The van der Waals surface area contributed by atoms with Gasteiger partial charge in [-0.3, -0.25) is 0 Å². The molecule has 17 heavy (non-hydrogen) atoms. The van der Waals surface area contributed by atoms with E-state index in [2.05, 4.69) is 15.9 Å². The molecule has 1 aliphatic heterocycles. The molecule has 1 atom stereocenters. The molecular weight excluding hydrogens is 309 g/mol. The normalized spacial score (nSPS) is 20.4. The maximum atomic E-state index is 10.9. The lowest BCUT2D eigenvalue weighted by Crippen LogP contribution is -2.41. The molecule has 0 bridgehead atoms. The Morgan fingerprint density at radius 2 is 2.35 bits per heavy atom. The first kappa shape index (κ1) is 12.7. The Bertz CT molecular complexity index is 441. The summed E-state index contributed by atoms with van der Waals surface area (Å²) < 4.78 is 6.45. The minimum absolute atomic E-state index is 0.291. The Balaban J connectivity index is 2.19. The first-order chi connectivity index (χ1) is 8.08. The number of nitrogens with zero attached hydrogens (tertiary/aromatic N) is 1. The number of amides is 1. The molecule has 0 aliphatic carbocycles. The monoisotopic (exact) mass is 319 g/mol. The van der Waals surface area contributed by atoms with Gasteiger partial charge in [-0.25, -0.2) is 4.79 Å². The molecule has 92 valence electrons. The SMILES string of the molecule is O=C(O)N1CCO[C@H](c2ccc(Br)cc2Cl)C1. The van der Waals surface area contributed by atoms with Gasteiger partial charge in [0, 0.05) is 21.6 Å². The summed E-state index contributed by atoms with van der Waals surface area (Å²) in [6.07, 6.45) is -1.22. The number of morpholine rings is 1. The topological polar surface area (TPSA) is 49.8 Å². The van der Waals surface area contributed by atoms with Crippen LogP contribution in [0.2, 0.25) is 5.02 Å². The fourth-order valence-electron chi connectivity index (χ4n) is 1.77. The fraction of sp³-hybridized carbons (Fsp3) is 0.364. The van der Waals surface area contributed by atoms with Gasteiger partial charge in [-0.1, -0.05) is 33.6 Å². The summed E-state index contributed by atoms with van der Waals surface area (Å²) in [5, 5.41) is 9.53. The van der Waals surface area contributed by atoms with E-state index in [0.717, 1.165) is 10.0 Å². The van der Waals surface area contributed by atoms with Gasteiger partial charge in [0.05, 0.1) is 13.2 Å². The Labute approximate surface area is 112 Å². The van der Waals surface area contributed by atoms with Crippen LogP contribution < -0.4 is 0 Å². The summed E-state index contributed by atoms with van der Waals surface area (Å²) in [6, 6.07) is 5.49. The second kappa shape index (κ2) is 5.25. The molecule has 0 aromatic heterocycles. The number of ether oxygens (including phenoxy) is 1. The van der Waals surface area contributed by atoms with Crippen molar-refractivity contribution in [3.05, 3.63) is 33.3 Å². The average Bonchev–Trinajstić information content (AvgIpc) is 2.29. The van der Waals surface area contributed by atoms with Crippen molar-refractivity contribution in [2.45, 2.75) is 6.10 Å². The van der Waals surface area contributed by atoms with E-state index < -0.39 is 6.09 Å². The minimum Gasteiger partial charge on any atom is -0.465 e. The van der Waals surface area contributed by atoms with Gasteiger partial charge in [-0.15, -0.1) is 0 Å². The van der Waals surface area contributed by atoms with Crippen LogP contribution >= 0.6 is 27.5 Å². The van der Waals surface area contributed by atoms with Crippen molar-refractivity contribution in [2.24, 2.45) is 0 Å². The second-order valence-electron chi connectivity index (χ2n) is 3.75. The zero-order valence-corrected chi connectivity index (χ0v) is 11.2. The van der Waals surface area contributed by atoms with Gasteiger partial charge in [-0.2, -0.15) is 0 Å². The summed E-state index contributed by atoms with van der Waals surface area (Å²) in [5.41, 5.74) is 0.820. The van der Waals surface area contributed by atoms with Gasteiger partial charge in [-0.05, 0) is 12.1 Å². The van der Waals surface area contributed by atoms with Crippen LogP contribution in [0.3, 0.4) is 0 Å². The molecule has 6 heteroatoms. The van der Waals surface area contributed by atoms with Crippen molar-refractivity contribution < 1.29 is 14.6 Å². The third-order valence-corrected chi connectivity index (χ3v) is 3.47. The highest BCUT2D eigenvalue weighted by molar-refractivity contribution is 9.10. The number of rotatable bonds is 1. The molecule has 1 N–H and O–H groups in total. The number of benzene rings is 1. The van der Waals surface area contributed by atoms with E-state index in [1.807, 2.05) is 12.1 Å². The molecule has 0 radical (unpaired) electrons. The smallest absolute Gasteiger partial charge is 0.407 e. The highest BCUT2D eigenvalue weighted by Gasteiger charge is 2.26. The minimum atomic E-state index is -0.925. The van der Waals surface area contributed by atoms with Gasteiger partial charge < -0.3 is 14.7 Å². The summed E-state index contributed by atoms with van der Waals surface area (Å²) >= 11 is 9.44. The Kier molecular flexibility index (Phi) is 3.91. The van der Waals surface area contributed by atoms with Crippen molar-refractivity contribution in [3.63, 3.8) is 0 Å². The quantitative estimate of drug-likeness (QED) is 0.865. The molecule has 1 fully saturated rings. The maximum absolute atomic E-state index is 10.9. The average molecular weight is 321 g/mol. The van der Waals surface area contributed by atoms with Gasteiger partial charge in [0.2, 0.25) is 0 Å². The van der Waals surface area contributed by atoms with E-state index in [1.165, 1.54) is 4.90 Å². The van der Waals surface area contributed by atoms with Crippen LogP contribution in [-0.4, -0.2) is 35.8 Å². The lowest BCUT2D eigenvalue weighted by molar-refractivity contribution is -0.0231. The summed E-state index contributed by atoms with van der Waals surface area (Å²) in [5.74, 6) is 0.